The maximum absolute atomic E-state index is 12.2. The summed E-state index contributed by atoms with van der Waals surface area (Å²) in [6.07, 6.45) is 9.44. The van der Waals surface area contributed by atoms with E-state index in [2.05, 4.69) is 0 Å². The lowest BCUT2D eigenvalue weighted by molar-refractivity contribution is -0.136. The van der Waals surface area contributed by atoms with Crippen molar-refractivity contribution in [2.75, 3.05) is 13.2 Å². The molecule has 0 bridgehead atoms. The van der Waals surface area contributed by atoms with Gasteiger partial charge in [-0.15, -0.1) is 0 Å². The molecule has 0 aliphatic heterocycles. The zero-order valence-corrected chi connectivity index (χ0v) is 14.2. The van der Waals surface area contributed by atoms with Crippen molar-refractivity contribution in [3.63, 3.8) is 0 Å². The minimum Gasteiger partial charge on any atom is -0.396 e. The number of fused-ring (bicyclic) bond motifs is 5. The van der Waals surface area contributed by atoms with Gasteiger partial charge in [-0.1, -0.05) is 5.57 Å². The molecule has 6 atom stereocenters. The molecule has 4 heteroatoms. The van der Waals surface area contributed by atoms with E-state index in [-0.39, 0.29) is 29.5 Å². The maximum atomic E-state index is 12.2. The molecule has 3 saturated carbocycles. The molecule has 24 heavy (non-hydrogen) atoms. The Hall–Kier alpha value is -1.00. The second kappa shape index (κ2) is 6.06. The van der Waals surface area contributed by atoms with Gasteiger partial charge in [0.25, 0.3) is 0 Å². The number of allylic oxidation sites excluding steroid dienone is 1. The highest BCUT2D eigenvalue weighted by molar-refractivity contribution is 5.91. The van der Waals surface area contributed by atoms with E-state index in [1.807, 2.05) is 6.08 Å². The van der Waals surface area contributed by atoms with Crippen molar-refractivity contribution in [3.8, 4) is 0 Å². The molecule has 0 aromatic heterocycles. The fraction of sp³-hybridized carbons (Fsp3) is 0.800. The average molecular weight is 332 g/mol. The van der Waals surface area contributed by atoms with Crippen molar-refractivity contribution in [1.29, 1.82) is 0 Å². The van der Waals surface area contributed by atoms with E-state index in [1.165, 1.54) is 5.57 Å². The van der Waals surface area contributed by atoms with Crippen LogP contribution in [0.15, 0.2) is 11.6 Å². The van der Waals surface area contributed by atoms with Gasteiger partial charge in [0, 0.05) is 24.4 Å². The van der Waals surface area contributed by atoms with Gasteiger partial charge in [-0.05, 0) is 74.7 Å². The third kappa shape index (κ3) is 2.26. The van der Waals surface area contributed by atoms with Crippen LogP contribution in [0.2, 0.25) is 0 Å². The van der Waals surface area contributed by atoms with E-state index < -0.39 is 6.61 Å². The van der Waals surface area contributed by atoms with Crippen LogP contribution in [-0.2, 0) is 9.59 Å². The molecule has 132 valence electrons. The molecule has 0 unspecified atom stereocenters. The highest BCUT2D eigenvalue weighted by atomic mass is 16.3. The van der Waals surface area contributed by atoms with Crippen LogP contribution in [0.25, 0.3) is 0 Å². The summed E-state index contributed by atoms with van der Waals surface area (Å²) >= 11 is 0. The largest absolute Gasteiger partial charge is 0.396 e. The Bertz CT molecular complexity index is 580. The van der Waals surface area contributed by atoms with Crippen molar-refractivity contribution in [3.05, 3.63) is 11.6 Å². The Kier molecular flexibility index (Phi) is 4.16. The average Bonchev–Trinajstić information content (AvgIpc) is 3.00. The zero-order chi connectivity index (χ0) is 16.9. The molecule has 3 fully saturated rings. The Morgan fingerprint density at radius 2 is 1.92 bits per heavy atom. The van der Waals surface area contributed by atoms with E-state index >= 15 is 0 Å². The number of rotatable bonds is 3. The Morgan fingerprint density at radius 1 is 1.08 bits per heavy atom. The predicted octanol–water partition coefficient (Wildman–Crippen LogP) is 2.28. The van der Waals surface area contributed by atoms with E-state index in [9.17, 15) is 19.8 Å². The van der Waals surface area contributed by atoms with Crippen molar-refractivity contribution < 1.29 is 19.8 Å². The van der Waals surface area contributed by atoms with E-state index in [0.717, 1.165) is 44.9 Å². The first kappa shape index (κ1) is 16.5. The third-order valence-electron chi connectivity index (χ3n) is 7.86. The molecule has 0 saturated heterocycles. The number of carbonyl (C=O) groups is 2. The number of aliphatic hydroxyl groups is 2. The zero-order valence-electron chi connectivity index (χ0n) is 14.2. The lowest BCUT2D eigenvalue weighted by Gasteiger charge is -2.54. The quantitative estimate of drug-likeness (QED) is 0.831. The lowest BCUT2D eigenvalue weighted by atomic mass is 9.50. The molecule has 2 N–H and O–H groups in total. The molecular formula is C20H28O4. The van der Waals surface area contributed by atoms with Gasteiger partial charge in [0.05, 0.1) is 0 Å². The number of carbonyl (C=O) groups excluding carboxylic acids is 2. The standard InChI is InChI=1S/C20H28O4/c21-10-19(24)18-6-5-17-16-3-1-12-9-13(23)2-4-14(12)15(16)7-8-20(17,18)11-22/h9,14-18,21-22H,1-8,10-11H2/t14-,15+,16+,17-,18+,20+/m0/s1. The van der Waals surface area contributed by atoms with Gasteiger partial charge in [0.1, 0.15) is 6.61 Å². The van der Waals surface area contributed by atoms with Gasteiger partial charge in [-0.2, -0.15) is 0 Å². The van der Waals surface area contributed by atoms with Gasteiger partial charge < -0.3 is 10.2 Å². The fourth-order valence-electron chi connectivity index (χ4n) is 6.89. The highest BCUT2D eigenvalue weighted by Gasteiger charge is 2.59. The van der Waals surface area contributed by atoms with E-state index in [0.29, 0.717) is 30.1 Å². The maximum Gasteiger partial charge on any atom is 0.161 e. The summed E-state index contributed by atoms with van der Waals surface area (Å²) < 4.78 is 0. The summed E-state index contributed by atoms with van der Waals surface area (Å²) in [7, 11) is 0. The highest BCUT2D eigenvalue weighted by Crippen LogP contribution is 2.63. The van der Waals surface area contributed by atoms with Crippen LogP contribution >= 0.6 is 0 Å². The summed E-state index contributed by atoms with van der Waals surface area (Å²) in [5.74, 6) is 2.18. The van der Waals surface area contributed by atoms with Crippen molar-refractivity contribution in [2.24, 2.45) is 35.0 Å². The van der Waals surface area contributed by atoms with Gasteiger partial charge in [-0.25, -0.2) is 0 Å². The fourth-order valence-corrected chi connectivity index (χ4v) is 6.89. The van der Waals surface area contributed by atoms with Crippen molar-refractivity contribution >= 4 is 11.6 Å². The van der Waals surface area contributed by atoms with Crippen LogP contribution in [0.3, 0.4) is 0 Å². The van der Waals surface area contributed by atoms with Crippen LogP contribution in [0.5, 0.6) is 0 Å². The van der Waals surface area contributed by atoms with Crippen LogP contribution in [-0.4, -0.2) is 35.0 Å². The summed E-state index contributed by atoms with van der Waals surface area (Å²) in [5.41, 5.74) is 1.07. The molecule has 0 aromatic carbocycles. The first-order chi connectivity index (χ1) is 11.6. The van der Waals surface area contributed by atoms with Crippen LogP contribution in [0.1, 0.15) is 51.4 Å². The van der Waals surface area contributed by atoms with Gasteiger partial charge in [0.2, 0.25) is 0 Å². The summed E-state index contributed by atoms with van der Waals surface area (Å²) in [4.78, 5) is 24.0. The second-order valence-electron chi connectivity index (χ2n) is 8.49. The minimum atomic E-state index is -0.398. The molecule has 4 nitrogen and oxygen atoms in total. The van der Waals surface area contributed by atoms with E-state index in [4.69, 9.17) is 0 Å². The van der Waals surface area contributed by atoms with E-state index in [1.54, 1.807) is 0 Å². The molecule has 4 aliphatic carbocycles. The number of Topliss-reactive ketones (excluding diaryl/α,β-unsaturated/α-hetero) is 1. The molecule has 0 radical (unpaired) electrons. The monoisotopic (exact) mass is 332 g/mol. The molecule has 4 rings (SSSR count). The lowest BCUT2D eigenvalue weighted by Crippen LogP contribution is -2.50. The minimum absolute atomic E-state index is 0.0726. The van der Waals surface area contributed by atoms with Crippen LogP contribution in [0.4, 0.5) is 0 Å². The molecular weight excluding hydrogens is 304 g/mol. The van der Waals surface area contributed by atoms with Crippen LogP contribution < -0.4 is 0 Å². The Labute approximate surface area is 143 Å². The van der Waals surface area contributed by atoms with Crippen LogP contribution in [0, 0.1) is 35.0 Å². The SMILES string of the molecule is O=C1C=C2CC[C@@H]3[C@H](CC[C@]4(CO)[C@@H](C(=O)CO)CC[C@@H]34)[C@H]2CC1. The third-order valence-corrected chi connectivity index (χ3v) is 7.86. The topological polar surface area (TPSA) is 74.6 Å². The molecule has 0 heterocycles. The summed E-state index contributed by atoms with van der Waals surface area (Å²) in [6.45, 7) is -0.325. The molecule has 0 amide bonds. The second-order valence-corrected chi connectivity index (χ2v) is 8.49. The van der Waals surface area contributed by atoms with Gasteiger partial charge in [0.15, 0.2) is 11.6 Å². The molecule has 0 spiro atoms. The first-order valence-electron chi connectivity index (χ1n) is 9.58. The Balaban J connectivity index is 1.62. The summed E-state index contributed by atoms with van der Waals surface area (Å²) in [6, 6.07) is 0. The number of aliphatic hydroxyl groups excluding tert-OH is 2. The van der Waals surface area contributed by atoms with Gasteiger partial charge >= 0.3 is 0 Å². The first-order valence-corrected chi connectivity index (χ1v) is 9.58. The van der Waals surface area contributed by atoms with Crippen molar-refractivity contribution in [2.45, 2.75) is 51.4 Å². The summed E-state index contributed by atoms with van der Waals surface area (Å²) in [5, 5.41) is 19.6. The number of hydrogen-bond donors (Lipinski definition) is 2. The van der Waals surface area contributed by atoms with Crippen molar-refractivity contribution in [1.82, 2.24) is 0 Å². The molecule has 4 aliphatic rings. The van der Waals surface area contributed by atoms with Gasteiger partial charge in [-0.3, -0.25) is 9.59 Å². The molecule has 0 aromatic rings. The number of hydrogen-bond acceptors (Lipinski definition) is 4. The predicted molar refractivity (Wildman–Crippen MR) is 89.1 cm³/mol. The number of ketones is 2. The normalized spacial score (nSPS) is 44.3. The smallest absolute Gasteiger partial charge is 0.161 e. The Morgan fingerprint density at radius 3 is 2.67 bits per heavy atom.